The molecule has 3 N–H and O–H groups in total. The summed E-state index contributed by atoms with van der Waals surface area (Å²) in [6, 6.07) is 3.50. The van der Waals surface area contributed by atoms with Gasteiger partial charge in [-0.05, 0) is 44.4 Å². The molecule has 0 radical (unpaired) electrons. The summed E-state index contributed by atoms with van der Waals surface area (Å²) >= 11 is 3.07. The zero-order valence-electron chi connectivity index (χ0n) is 12.2. The van der Waals surface area contributed by atoms with Crippen LogP contribution in [0.5, 0.6) is 0 Å². The second-order valence-electron chi connectivity index (χ2n) is 5.45. The molecular formula is C14H20BrF3N2O. The van der Waals surface area contributed by atoms with Crippen molar-refractivity contribution in [1.29, 1.82) is 0 Å². The number of hydrazine groups is 1. The predicted molar refractivity (Wildman–Crippen MR) is 79.5 cm³/mol. The van der Waals surface area contributed by atoms with Gasteiger partial charge in [-0.15, -0.1) is 0 Å². The van der Waals surface area contributed by atoms with E-state index in [1.165, 1.54) is 6.07 Å². The van der Waals surface area contributed by atoms with Crippen molar-refractivity contribution in [1.82, 2.24) is 5.43 Å². The van der Waals surface area contributed by atoms with E-state index in [0.717, 1.165) is 6.07 Å². The first kappa shape index (κ1) is 18.4. The van der Waals surface area contributed by atoms with Crippen molar-refractivity contribution in [3.63, 3.8) is 0 Å². The van der Waals surface area contributed by atoms with E-state index in [-0.39, 0.29) is 5.56 Å². The number of ether oxygens (including phenoxy) is 1. The highest BCUT2D eigenvalue weighted by atomic mass is 79.9. The molecule has 120 valence electrons. The maximum Gasteiger partial charge on any atom is 0.416 e. The normalized spacial score (nSPS) is 14.3. The first-order valence-corrected chi connectivity index (χ1v) is 7.28. The first-order chi connectivity index (χ1) is 9.60. The van der Waals surface area contributed by atoms with Gasteiger partial charge in [-0.1, -0.05) is 22.0 Å². The molecule has 1 aromatic carbocycles. The van der Waals surface area contributed by atoms with E-state index >= 15 is 0 Å². The van der Waals surface area contributed by atoms with E-state index in [0.29, 0.717) is 17.3 Å². The van der Waals surface area contributed by atoms with Gasteiger partial charge >= 0.3 is 6.18 Å². The summed E-state index contributed by atoms with van der Waals surface area (Å²) in [5.41, 5.74) is 1.52. The summed E-state index contributed by atoms with van der Waals surface area (Å²) in [5.74, 6) is 5.46. The van der Waals surface area contributed by atoms with Crippen molar-refractivity contribution in [3.8, 4) is 0 Å². The minimum atomic E-state index is -4.43. The standard InChI is InChI=1S/C14H20BrF3N2O/c1-13(2,21-3)7-6-12(20-19)10-5-4-9(15)8-11(10)14(16,17)18/h4-5,8,12,20H,6-7,19H2,1-3H3. The average Bonchev–Trinajstić information content (AvgIpc) is 2.39. The van der Waals surface area contributed by atoms with Gasteiger partial charge in [0.1, 0.15) is 0 Å². The SMILES string of the molecule is COC(C)(C)CCC(NN)c1ccc(Br)cc1C(F)(F)F. The molecule has 0 spiro atoms. The molecule has 3 nitrogen and oxygen atoms in total. The summed E-state index contributed by atoms with van der Waals surface area (Å²) < 4.78 is 45.1. The molecule has 0 aliphatic heterocycles. The van der Waals surface area contributed by atoms with Gasteiger partial charge in [-0.25, -0.2) is 0 Å². The van der Waals surface area contributed by atoms with Gasteiger partial charge in [-0.2, -0.15) is 13.2 Å². The van der Waals surface area contributed by atoms with Crippen LogP contribution in [-0.2, 0) is 10.9 Å². The van der Waals surface area contributed by atoms with Crippen LogP contribution in [0.25, 0.3) is 0 Å². The Kier molecular flexibility index (Phi) is 6.22. The Morgan fingerprint density at radius 2 is 1.95 bits per heavy atom. The fourth-order valence-corrected chi connectivity index (χ4v) is 2.36. The third-order valence-electron chi connectivity index (χ3n) is 3.49. The number of alkyl halides is 3. The number of hydrogen-bond donors (Lipinski definition) is 2. The van der Waals surface area contributed by atoms with Crippen LogP contribution in [0.2, 0.25) is 0 Å². The van der Waals surface area contributed by atoms with Gasteiger partial charge in [0.05, 0.1) is 11.2 Å². The van der Waals surface area contributed by atoms with Gasteiger partial charge in [0.2, 0.25) is 0 Å². The van der Waals surface area contributed by atoms with Crippen molar-refractivity contribution in [2.45, 2.75) is 44.5 Å². The Morgan fingerprint density at radius 1 is 1.33 bits per heavy atom. The molecule has 0 bridgehead atoms. The van der Waals surface area contributed by atoms with Crippen molar-refractivity contribution in [3.05, 3.63) is 33.8 Å². The van der Waals surface area contributed by atoms with Gasteiger partial charge in [0.15, 0.2) is 0 Å². The van der Waals surface area contributed by atoms with Crippen molar-refractivity contribution < 1.29 is 17.9 Å². The fourth-order valence-electron chi connectivity index (χ4n) is 2.00. The van der Waals surface area contributed by atoms with E-state index in [4.69, 9.17) is 10.6 Å². The fraction of sp³-hybridized carbons (Fsp3) is 0.571. The topological polar surface area (TPSA) is 47.3 Å². The molecule has 0 fully saturated rings. The van der Waals surface area contributed by atoms with E-state index in [2.05, 4.69) is 21.4 Å². The maximum absolute atomic E-state index is 13.2. The molecule has 1 unspecified atom stereocenters. The molecule has 7 heteroatoms. The Labute approximate surface area is 131 Å². The third kappa shape index (κ3) is 5.25. The van der Waals surface area contributed by atoms with Crippen LogP contribution in [-0.4, -0.2) is 12.7 Å². The second-order valence-corrected chi connectivity index (χ2v) is 6.37. The van der Waals surface area contributed by atoms with Crippen LogP contribution < -0.4 is 11.3 Å². The zero-order chi connectivity index (χ0) is 16.3. The van der Waals surface area contributed by atoms with Gasteiger partial charge < -0.3 is 4.74 Å². The molecule has 1 atom stereocenters. The number of nitrogens with two attached hydrogens (primary N) is 1. The lowest BCUT2D eigenvalue weighted by atomic mass is 9.92. The van der Waals surface area contributed by atoms with Crippen LogP contribution in [0.1, 0.15) is 43.9 Å². The Morgan fingerprint density at radius 3 is 2.43 bits per heavy atom. The molecule has 0 amide bonds. The lowest BCUT2D eigenvalue weighted by molar-refractivity contribution is -0.138. The molecular weight excluding hydrogens is 349 g/mol. The average molecular weight is 369 g/mol. The van der Waals surface area contributed by atoms with Gasteiger partial charge in [0, 0.05) is 17.6 Å². The number of methoxy groups -OCH3 is 1. The van der Waals surface area contributed by atoms with Crippen LogP contribution in [0.4, 0.5) is 13.2 Å². The van der Waals surface area contributed by atoms with Crippen molar-refractivity contribution in [2.75, 3.05) is 7.11 Å². The van der Waals surface area contributed by atoms with Crippen LogP contribution >= 0.6 is 15.9 Å². The van der Waals surface area contributed by atoms with Crippen LogP contribution in [0.15, 0.2) is 22.7 Å². The number of benzene rings is 1. The van der Waals surface area contributed by atoms with E-state index in [9.17, 15) is 13.2 Å². The molecule has 0 saturated heterocycles. The molecule has 0 aliphatic rings. The number of rotatable bonds is 6. The molecule has 0 aromatic heterocycles. The Balaban J connectivity index is 3.06. The van der Waals surface area contributed by atoms with Crippen LogP contribution in [0.3, 0.4) is 0 Å². The Bertz CT molecular complexity index is 478. The summed E-state index contributed by atoms with van der Waals surface area (Å²) in [6.07, 6.45) is -3.42. The summed E-state index contributed by atoms with van der Waals surface area (Å²) in [7, 11) is 1.58. The largest absolute Gasteiger partial charge is 0.416 e. The molecule has 0 aliphatic carbocycles. The number of hydrogen-bond acceptors (Lipinski definition) is 3. The minimum Gasteiger partial charge on any atom is -0.379 e. The lowest BCUT2D eigenvalue weighted by Gasteiger charge is -2.27. The van der Waals surface area contributed by atoms with Gasteiger partial charge in [0.25, 0.3) is 0 Å². The zero-order valence-corrected chi connectivity index (χ0v) is 13.8. The summed E-state index contributed by atoms with van der Waals surface area (Å²) in [4.78, 5) is 0. The quantitative estimate of drug-likeness (QED) is 0.584. The summed E-state index contributed by atoms with van der Waals surface area (Å²) in [6.45, 7) is 3.76. The number of halogens is 4. The van der Waals surface area contributed by atoms with E-state index < -0.39 is 23.4 Å². The molecule has 0 saturated carbocycles. The smallest absolute Gasteiger partial charge is 0.379 e. The van der Waals surface area contributed by atoms with E-state index in [1.807, 2.05) is 13.8 Å². The van der Waals surface area contributed by atoms with Crippen LogP contribution in [0, 0.1) is 0 Å². The highest BCUT2D eigenvalue weighted by Crippen LogP contribution is 2.37. The molecule has 1 aromatic rings. The van der Waals surface area contributed by atoms with Crippen molar-refractivity contribution in [2.24, 2.45) is 5.84 Å². The maximum atomic E-state index is 13.2. The van der Waals surface area contributed by atoms with Gasteiger partial charge in [-0.3, -0.25) is 11.3 Å². The predicted octanol–water partition coefficient (Wildman–Crippen LogP) is 4.18. The third-order valence-corrected chi connectivity index (χ3v) is 3.98. The number of nitrogens with one attached hydrogen (secondary N) is 1. The minimum absolute atomic E-state index is 0.139. The second kappa shape index (κ2) is 7.09. The van der Waals surface area contributed by atoms with E-state index in [1.54, 1.807) is 13.2 Å². The monoisotopic (exact) mass is 368 g/mol. The first-order valence-electron chi connectivity index (χ1n) is 6.48. The molecule has 1 rings (SSSR count). The Hall–Kier alpha value is -0.630. The molecule has 0 heterocycles. The highest BCUT2D eigenvalue weighted by Gasteiger charge is 2.35. The van der Waals surface area contributed by atoms with Crippen molar-refractivity contribution >= 4 is 15.9 Å². The molecule has 21 heavy (non-hydrogen) atoms. The summed E-state index contributed by atoms with van der Waals surface area (Å²) in [5, 5.41) is 0. The lowest BCUT2D eigenvalue weighted by Crippen LogP contribution is -2.32. The highest BCUT2D eigenvalue weighted by molar-refractivity contribution is 9.10.